The van der Waals surface area contributed by atoms with Crippen LogP contribution < -0.4 is 10.8 Å². The molecule has 0 radical (unpaired) electrons. The van der Waals surface area contributed by atoms with Crippen molar-refractivity contribution in [3.8, 4) is 0 Å². The Morgan fingerprint density at radius 1 is 1.36 bits per heavy atom. The van der Waals surface area contributed by atoms with Crippen molar-refractivity contribution in [2.45, 2.75) is 13.0 Å². The van der Waals surface area contributed by atoms with Gasteiger partial charge in [0, 0.05) is 6.54 Å². The molecule has 1 saturated heterocycles. The van der Waals surface area contributed by atoms with Crippen LogP contribution in [0.2, 0.25) is 0 Å². The zero-order chi connectivity index (χ0) is 9.97. The lowest BCUT2D eigenvalue weighted by Crippen LogP contribution is -2.22. The van der Waals surface area contributed by atoms with Gasteiger partial charge in [0.15, 0.2) is 0 Å². The van der Waals surface area contributed by atoms with Crippen molar-refractivity contribution in [3.05, 3.63) is 29.8 Å². The fourth-order valence-corrected chi connectivity index (χ4v) is 1.38. The molecular weight excluding hydrogens is 180 g/mol. The van der Waals surface area contributed by atoms with Crippen LogP contribution >= 0.6 is 0 Å². The fourth-order valence-electron chi connectivity index (χ4n) is 1.38. The highest BCUT2D eigenvalue weighted by molar-refractivity contribution is 5.92. The second-order valence-electron chi connectivity index (χ2n) is 3.14. The Balaban J connectivity index is 2.20. The number of nitrogens with zero attached hydrogens (tertiary/aromatic N) is 1. The van der Waals surface area contributed by atoms with Crippen LogP contribution in [0, 0.1) is 0 Å². The minimum absolute atomic E-state index is 0.00509. The monoisotopic (exact) mass is 192 g/mol. The number of benzene rings is 1. The molecule has 0 aromatic heterocycles. The number of hydrogen-bond donors (Lipinski definition) is 1. The van der Waals surface area contributed by atoms with Crippen molar-refractivity contribution >= 4 is 11.6 Å². The first kappa shape index (κ1) is 9.18. The van der Waals surface area contributed by atoms with E-state index in [4.69, 9.17) is 10.6 Å². The van der Waals surface area contributed by atoms with Gasteiger partial charge in [-0.25, -0.2) is 0 Å². The minimum atomic E-state index is 0.00509. The number of anilines is 1. The summed E-state index contributed by atoms with van der Waals surface area (Å²) < 4.78 is 0. The Labute approximate surface area is 82.2 Å². The SMILES string of the molecule is NCc1ccc(N2OCCC2=O)cc1. The van der Waals surface area contributed by atoms with Gasteiger partial charge in [-0.05, 0) is 17.7 Å². The summed E-state index contributed by atoms with van der Waals surface area (Å²) in [6.07, 6.45) is 0.457. The van der Waals surface area contributed by atoms with Gasteiger partial charge in [-0.1, -0.05) is 12.1 Å². The van der Waals surface area contributed by atoms with Crippen LogP contribution in [-0.2, 0) is 16.2 Å². The van der Waals surface area contributed by atoms with Crippen LogP contribution in [0.4, 0.5) is 5.69 Å². The second kappa shape index (κ2) is 3.77. The Hall–Kier alpha value is -1.39. The van der Waals surface area contributed by atoms with Gasteiger partial charge < -0.3 is 5.73 Å². The molecule has 4 nitrogen and oxygen atoms in total. The van der Waals surface area contributed by atoms with E-state index in [1.54, 1.807) is 0 Å². The Kier molecular flexibility index (Phi) is 2.47. The molecule has 0 spiro atoms. The van der Waals surface area contributed by atoms with E-state index in [-0.39, 0.29) is 5.91 Å². The van der Waals surface area contributed by atoms with Crippen LogP contribution in [0.1, 0.15) is 12.0 Å². The van der Waals surface area contributed by atoms with E-state index in [2.05, 4.69) is 0 Å². The quantitative estimate of drug-likeness (QED) is 0.754. The highest BCUT2D eigenvalue weighted by Crippen LogP contribution is 2.20. The third kappa shape index (κ3) is 1.62. The molecule has 1 aliphatic rings. The van der Waals surface area contributed by atoms with E-state index in [1.807, 2.05) is 24.3 Å². The molecule has 1 aromatic rings. The molecule has 1 heterocycles. The van der Waals surface area contributed by atoms with Gasteiger partial charge in [-0.15, -0.1) is 0 Å². The van der Waals surface area contributed by atoms with Gasteiger partial charge in [-0.3, -0.25) is 9.63 Å². The Morgan fingerprint density at radius 2 is 2.07 bits per heavy atom. The minimum Gasteiger partial charge on any atom is -0.326 e. The zero-order valence-corrected chi connectivity index (χ0v) is 7.77. The average Bonchev–Trinajstić information content (AvgIpc) is 2.65. The molecule has 0 saturated carbocycles. The molecule has 0 bridgehead atoms. The smallest absolute Gasteiger partial charge is 0.253 e. The highest BCUT2D eigenvalue weighted by Gasteiger charge is 2.22. The lowest BCUT2D eigenvalue weighted by molar-refractivity contribution is -0.119. The average molecular weight is 192 g/mol. The predicted octanol–water partition coefficient (Wildman–Crippen LogP) is 0.814. The summed E-state index contributed by atoms with van der Waals surface area (Å²) in [6, 6.07) is 7.46. The Bertz CT molecular complexity index is 334. The first-order chi connectivity index (χ1) is 6.81. The summed E-state index contributed by atoms with van der Waals surface area (Å²) in [5.74, 6) is 0.00509. The summed E-state index contributed by atoms with van der Waals surface area (Å²) >= 11 is 0. The summed E-state index contributed by atoms with van der Waals surface area (Å²) in [7, 11) is 0. The molecule has 0 aliphatic carbocycles. The molecule has 1 fully saturated rings. The van der Waals surface area contributed by atoms with E-state index < -0.39 is 0 Å². The van der Waals surface area contributed by atoms with Crippen molar-refractivity contribution in [2.75, 3.05) is 11.7 Å². The van der Waals surface area contributed by atoms with E-state index in [9.17, 15) is 4.79 Å². The van der Waals surface area contributed by atoms with E-state index in [0.29, 0.717) is 19.6 Å². The maximum absolute atomic E-state index is 11.3. The molecule has 74 valence electrons. The number of carbonyl (C=O) groups is 1. The number of carbonyl (C=O) groups excluding carboxylic acids is 1. The van der Waals surface area contributed by atoms with Crippen LogP contribution in [0.5, 0.6) is 0 Å². The van der Waals surface area contributed by atoms with Crippen molar-refractivity contribution in [1.29, 1.82) is 0 Å². The van der Waals surface area contributed by atoms with Crippen LogP contribution in [0.3, 0.4) is 0 Å². The largest absolute Gasteiger partial charge is 0.326 e. The number of amides is 1. The van der Waals surface area contributed by atoms with Gasteiger partial charge in [0.25, 0.3) is 5.91 Å². The molecule has 0 atom stereocenters. The summed E-state index contributed by atoms with van der Waals surface area (Å²) in [5, 5.41) is 1.33. The van der Waals surface area contributed by atoms with Crippen LogP contribution in [-0.4, -0.2) is 12.5 Å². The second-order valence-corrected chi connectivity index (χ2v) is 3.14. The highest BCUT2D eigenvalue weighted by atomic mass is 16.7. The van der Waals surface area contributed by atoms with E-state index >= 15 is 0 Å². The first-order valence-electron chi connectivity index (χ1n) is 4.56. The predicted molar refractivity (Wildman–Crippen MR) is 52.4 cm³/mol. The summed E-state index contributed by atoms with van der Waals surface area (Å²) in [4.78, 5) is 16.5. The molecular formula is C10H12N2O2. The third-order valence-electron chi connectivity index (χ3n) is 2.17. The zero-order valence-electron chi connectivity index (χ0n) is 7.77. The molecule has 1 aliphatic heterocycles. The summed E-state index contributed by atoms with van der Waals surface area (Å²) in [5.41, 5.74) is 7.28. The molecule has 0 unspecified atom stereocenters. The van der Waals surface area contributed by atoms with Crippen LogP contribution in [0.15, 0.2) is 24.3 Å². The molecule has 2 N–H and O–H groups in total. The maximum atomic E-state index is 11.3. The standard InChI is InChI=1S/C10H12N2O2/c11-7-8-1-3-9(4-2-8)12-10(13)5-6-14-12/h1-4H,5-7,11H2. The lowest BCUT2D eigenvalue weighted by Gasteiger charge is -2.13. The lowest BCUT2D eigenvalue weighted by atomic mass is 10.2. The van der Waals surface area contributed by atoms with E-state index in [0.717, 1.165) is 11.3 Å². The Morgan fingerprint density at radius 3 is 2.57 bits per heavy atom. The molecule has 4 heteroatoms. The normalized spacial score (nSPS) is 16.4. The number of hydroxylamine groups is 1. The van der Waals surface area contributed by atoms with Gasteiger partial charge in [0.2, 0.25) is 0 Å². The van der Waals surface area contributed by atoms with Gasteiger partial charge in [0.1, 0.15) is 0 Å². The topological polar surface area (TPSA) is 55.6 Å². The van der Waals surface area contributed by atoms with Crippen molar-refractivity contribution in [3.63, 3.8) is 0 Å². The molecule has 1 amide bonds. The number of nitrogens with two attached hydrogens (primary N) is 1. The number of hydrogen-bond acceptors (Lipinski definition) is 3. The van der Waals surface area contributed by atoms with Gasteiger partial charge in [0.05, 0.1) is 18.7 Å². The molecule has 1 aromatic carbocycles. The first-order valence-corrected chi connectivity index (χ1v) is 4.56. The van der Waals surface area contributed by atoms with Crippen molar-refractivity contribution in [2.24, 2.45) is 5.73 Å². The molecule has 14 heavy (non-hydrogen) atoms. The summed E-state index contributed by atoms with van der Waals surface area (Å²) in [6.45, 7) is 0.979. The third-order valence-corrected chi connectivity index (χ3v) is 2.17. The van der Waals surface area contributed by atoms with Crippen molar-refractivity contribution in [1.82, 2.24) is 0 Å². The van der Waals surface area contributed by atoms with Crippen molar-refractivity contribution < 1.29 is 9.63 Å². The molecule has 2 rings (SSSR count). The fraction of sp³-hybridized carbons (Fsp3) is 0.300. The maximum Gasteiger partial charge on any atom is 0.253 e. The number of rotatable bonds is 2. The van der Waals surface area contributed by atoms with Gasteiger partial charge in [-0.2, -0.15) is 5.06 Å². The van der Waals surface area contributed by atoms with E-state index in [1.165, 1.54) is 5.06 Å². The van der Waals surface area contributed by atoms with Gasteiger partial charge >= 0.3 is 0 Å². The van der Waals surface area contributed by atoms with Crippen LogP contribution in [0.25, 0.3) is 0 Å².